The minimum atomic E-state index is 0.221. The molecule has 0 atom stereocenters. The van der Waals surface area contributed by atoms with Gasteiger partial charge in [0.05, 0.1) is 0 Å². The van der Waals surface area contributed by atoms with Gasteiger partial charge in [-0.1, -0.05) is 91.4 Å². The Morgan fingerprint density at radius 3 is 2.08 bits per heavy atom. The molecular formula is C24H39N. The molecule has 0 bridgehead atoms. The summed E-state index contributed by atoms with van der Waals surface area (Å²) in [6.45, 7) is 15.1. The Balaban J connectivity index is 2.95. The quantitative estimate of drug-likeness (QED) is 0.259. The summed E-state index contributed by atoms with van der Waals surface area (Å²) < 4.78 is 0. The van der Waals surface area contributed by atoms with E-state index in [-0.39, 0.29) is 5.41 Å². The topological polar surface area (TPSA) is 15.8 Å². The normalized spacial score (nSPS) is 12.4. The fraction of sp³-hybridized carbons (Fsp3) is 0.583. The fourth-order valence-electron chi connectivity index (χ4n) is 3.64. The highest BCUT2D eigenvalue weighted by Crippen LogP contribution is 2.40. The molecule has 0 aliphatic rings. The summed E-state index contributed by atoms with van der Waals surface area (Å²) >= 11 is 0. The van der Waals surface area contributed by atoms with Gasteiger partial charge >= 0.3 is 0 Å². The number of aromatic amines is 1. The first-order valence-electron chi connectivity index (χ1n) is 10.3. The van der Waals surface area contributed by atoms with Crippen LogP contribution in [0.15, 0.2) is 37.1 Å². The molecule has 1 aromatic rings. The summed E-state index contributed by atoms with van der Waals surface area (Å²) in [5.41, 5.74) is 3.92. The molecule has 0 saturated heterocycles. The van der Waals surface area contributed by atoms with Crippen LogP contribution in [0.25, 0.3) is 12.2 Å². The van der Waals surface area contributed by atoms with Crippen LogP contribution in [0.2, 0.25) is 0 Å². The van der Waals surface area contributed by atoms with Crippen LogP contribution in [0.3, 0.4) is 0 Å². The van der Waals surface area contributed by atoms with Gasteiger partial charge in [0.25, 0.3) is 0 Å². The summed E-state index contributed by atoms with van der Waals surface area (Å²) in [5, 5.41) is 0. The molecule has 1 N–H and O–H groups in total. The summed E-state index contributed by atoms with van der Waals surface area (Å²) in [4.78, 5) is 3.26. The Morgan fingerprint density at radius 1 is 1.00 bits per heavy atom. The number of nitrogens with one attached hydrogen (secondary N) is 1. The van der Waals surface area contributed by atoms with Crippen LogP contribution in [0, 0.1) is 5.41 Å². The third-order valence-corrected chi connectivity index (χ3v) is 5.41. The van der Waals surface area contributed by atoms with Crippen LogP contribution < -0.4 is 0 Å². The molecule has 0 radical (unpaired) electrons. The number of aromatic nitrogens is 1. The molecule has 1 rings (SSSR count). The maximum atomic E-state index is 4.15. The molecule has 0 unspecified atom stereocenters. The molecule has 1 aromatic heterocycles. The molecular weight excluding hydrogens is 302 g/mol. The highest BCUT2D eigenvalue weighted by atomic mass is 14.7. The van der Waals surface area contributed by atoms with E-state index in [1.165, 1.54) is 75.3 Å². The van der Waals surface area contributed by atoms with Gasteiger partial charge in [0.15, 0.2) is 0 Å². The van der Waals surface area contributed by atoms with Gasteiger partial charge in [-0.15, -0.1) is 0 Å². The van der Waals surface area contributed by atoms with Gasteiger partial charge in [0, 0.05) is 11.9 Å². The number of hydrogen-bond donors (Lipinski definition) is 1. The third-order valence-electron chi connectivity index (χ3n) is 5.41. The smallest absolute Gasteiger partial charge is 0.0448 e. The maximum Gasteiger partial charge on any atom is 0.0448 e. The van der Waals surface area contributed by atoms with Crippen molar-refractivity contribution < 1.29 is 0 Å². The maximum absolute atomic E-state index is 4.15. The van der Waals surface area contributed by atoms with E-state index in [2.05, 4.69) is 57.1 Å². The van der Waals surface area contributed by atoms with Crippen LogP contribution in [0.5, 0.6) is 0 Å². The monoisotopic (exact) mass is 341 g/mol. The van der Waals surface area contributed by atoms with Gasteiger partial charge < -0.3 is 4.98 Å². The Bertz CT molecular complexity index is 520. The van der Waals surface area contributed by atoms with Crippen LogP contribution in [-0.2, 0) is 0 Å². The molecule has 1 nitrogen and oxygen atoms in total. The molecule has 0 amide bonds. The van der Waals surface area contributed by atoms with Crippen molar-refractivity contribution in [2.24, 2.45) is 5.41 Å². The minimum absolute atomic E-state index is 0.221. The lowest BCUT2D eigenvalue weighted by atomic mass is 9.73. The van der Waals surface area contributed by atoms with E-state index in [0.717, 1.165) is 5.69 Å². The van der Waals surface area contributed by atoms with Crippen molar-refractivity contribution in [3.63, 3.8) is 0 Å². The molecule has 0 fully saturated rings. The first-order chi connectivity index (χ1) is 12.1. The number of H-pyrrole nitrogens is 1. The van der Waals surface area contributed by atoms with Crippen LogP contribution in [0.1, 0.15) is 96.2 Å². The summed E-state index contributed by atoms with van der Waals surface area (Å²) in [5.74, 6) is 0. The van der Waals surface area contributed by atoms with Crippen LogP contribution in [-0.4, -0.2) is 4.98 Å². The molecule has 25 heavy (non-hydrogen) atoms. The Morgan fingerprint density at radius 2 is 1.60 bits per heavy atom. The van der Waals surface area contributed by atoms with Gasteiger partial charge in [0.1, 0.15) is 0 Å². The van der Waals surface area contributed by atoms with Crippen LogP contribution >= 0.6 is 0 Å². The number of allylic oxidation sites excluding steroid dienone is 2. The average molecular weight is 342 g/mol. The first-order valence-corrected chi connectivity index (χ1v) is 10.3. The minimum Gasteiger partial charge on any atom is -0.361 e. The van der Waals surface area contributed by atoms with Gasteiger partial charge in [0.2, 0.25) is 0 Å². The van der Waals surface area contributed by atoms with E-state index >= 15 is 0 Å². The summed E-state index contributed by atoms with van der Waals surface area (Å²) in [7, 11) is 0. The zero-order valence-corrected chi connectivity index (χ0v) is 16.9. The van der Waals surface area contributed by atoms with Crippen molar-refractivity contribution in [1.29, 1.82) is 0 Å². The van der Waals surface area contributed by atoms with Gasteiger partial charge in [-0.2, -0.15) is 0 Å². The van der Waals surface area contributed by atoms with E-state index in [1.54, 1.807) is 0 Å². The first kappa shape index (κ1) is 21.5. The lowest BCUT2D eigenvalue weighted by molar-refractivity contribution is 0.316. The van der Waals surface area contributed by atoms with Crippen molar-refractivity contribution in [3.8, 4) is 0 Å². The zero-order valence-electron chi connectivity index (χ0n) is 16.9. The Hall–Kier alpha value is -1.50. The highest BCUT2D eigenvalue weighted by Gasteiger charge is 2.26. The van der Waals surface area contributed by atoms with E-state index < -0.39 is 0 Å². The Labute approximate surface area is 156 Å². The van der Waals surface area contributed by atoms with Crippen molar-refractivity contribution in [2.75, 3.05) is 0 Å². The van der Waals surface area contributed by atoms with Crippen molar-refractivity contribution >= 4 is 12.2 Å². The SMILES string of the molecule is C=C/C(=C\c1cc[nH]c1C=C)C(C)(CCCCCC)CCCCCC. The second kappa shape index (κ2) is 12.0. The second-order valence-electron chi connectivity index (χ2n) is 7.54. The average Bonchev–Trinajstić information content (AvgIpc) is 3.07. The number of rotatable bonds is 14. The molecule has 1 heterocycles. The standard InChI is InChI=1S/C24H39N/c1-6-10-12-14-17-24(5,18-15-13-11-7-2)22(8-3)20-21-16-19-25-23(21)9-4/h8-9,16,19-20,25H,3-4,6-7,10-15,17-18H2,1-2,5H3/b22-20+. The lowest BCUT2D eigenvalue weighted by Gasteiger charge is -2.32. The summed E-state index contributed by atoms with van der Waals surface area (Å²) in [6, 6.07) is 2.13. The molecule has 1 heteroatoms. The molecule has 0 aliphatic carbocycles. The Kier molecular flexibility index (Phi) is 10.3. The van der Waals surface area contributed by atoms with Crippen molar-refractivity contribution in [1.82, 2.24) is 4.98 Å². The summed E-state index contributed by atoms with van der Waals surface area (Å²) in [6.07, 6.45) is 21.4. The third kappa shape index (κ3) is 7.10. The molecule has 0 spiro atoms. The van der Waals surface area contributed by atoms with E-state index in [0.29, 0.717) is 0 Å². The lowest BCUT2D eigenvalue weighted by Crippen LogP contribution is -2.19. The largest absolute Gasteiger partial charge is 0.361 e. The fourth-order valence-corrected chi connectivity index (χ4v) is 3.64. The van der Waals surface area contributed by atoms with Crippen molar-refractivity contribution in [3.05, 3.63) is 48.3 Å². The zero-order chi connectivity index (χ0) is 18.5. The second-order valence-corrected chi connectivity index (χ2v) is 7.54. The van der Waals surface area contributed by atoms with E-state index in [1.807, 2.05) is 12.3 Å². The number of unbranched alkanes of at least 4 members (excludes halogenated alkanes) is 6. The van der Waals surface area contributed by atoms with E-state index in [9.17, 15) is 0 Å². The highest BCUT2D eigenvalue weighted by molar-refractivity contribution is 5.66. The predicted molar refractivity (Wildman–Crippen MR) is 115 cm³/mol. The molecule has 0 saturated carbocycles. The van der Waals surface area contributed by atoms with Gasteiger partial charge in [-0.3, -0.25) is 0 Å². The molecule has 0 aliphatic heterocycles. The predicted octanol–water partition coefficient (Wildman–Crippen LogP) is 8.17. The van der Waals surface area contributed by atoms with Crippen LogP contribution in [0.4, 0.5) is 0 Å². The number of hydrogen-bond acceptors (Lipinski definition) is 0. The van der Waals surface area contributed by atoms with Gasteiger partial charge in [-0.25, -0.2) is 0 Å². The van der Waals surface area contributed by atoms with Crippen molar-refractivity contribution in [2.45, 2.75) is 85.0 Å². The van der Waals surface area contributed by atoms with Gasteiger partial charge in [-0.05, 0) is 47.6 Å². The molecule has 0 aromatic carbocycles. The van der Waals surface area contributed by atoms with E-state index in [4.69, 9.17) is 0 Å². The molecule has 140 valence electrons.